The van der Waals surface area contributed by atoms with E-state index in [0.29, 0.717) is 30.4 Å². The molecule has 1 amide bonds. The van der Waals surface area contributed by atoms with E-state index in [4.69, 9.17) is 4.74 Å². The molecule has 0 spiro atoms. The van der Waals surface area contributed by atoms with Crippen LogP contribution in [0.15, 0.2) is 60.7 Å². The van der Waals surface area contributed by atoms with Gasteiger partial charge in [-0.2, -0.15) is 0 Å². The monoisotopic (exact) mass is 380 g/mol. The van der Waals surface area contributed by atoms with Gasteiger partial charge in [0.2, 0.25) is 0 Å². The molecule has 0 unspecified atom stereocenters. The number of hydrogen-bond donors (Lipinski definition) is 2. The Morgan fingerprint density at radius 1 is 1.07 bits per heavy atom. The molecule has 7 heteroatoms. The molecule has 1 heterocycles. The smallest absolute Gasteiger partial charge is 0.270 e. The zero-order valence-electron chi connectivity index (χ0n) is 15.5. The summed E-state index contributed by atoms with van der Waals surface area (Å²) < 4.78 is 18.8. The molecule has 0 aliphatic carbocycles. The van der Waals surface area contributed by atoms with Gasteiger partial charge in [-0.1, -0.05) is 48.5 Å². The number of ether oxygens (including phenoxy) is 1. The Morgan fingerprint density at radius 3 is 2.57 bits per heavy atom. The van der Waals surface area contributed by atoms with Crippen LogP contribution < -0.4 is 10.6 Å². The summed E-state index contributed by atoms with van der Waals surface area (Å²) in [5.41, 5.74) is 1.40. The van der Waals surface area contributed by atoms with Crippen molar-refractivity contribution in [1.82, 2.24) is 15.3 Å². The van der Waals surface area contributed by atoms with E-state index < -0.39 is 5.91 Å². The van der Waals surface area contributed by atoms with Crippen LogP contribution in [0.1, 0.15) is 16.1 Å². The highest BCUT2D eigenvalue weighted by molar-refractivity contribution is 5.93. The maximum atomic E-state index is 13.8. The third kappa shape index (κ3) is 5.11. The second-order valence-corrected chi connectivity index (χ2v) is 6.02. The molecular formula is C21H21FN4O2. The highest BCUT2D eigenvalue weighted by atomic mass is 19.1. The molecule has 0 atom stereocenters. The van der Waals surface area contributed by atoms with E-state index >= 15 is 0 Å². The molecule has 0 bridgehead atoms. The van der Waals surface area contributed by atoms with Crippen LogP contribution in [0.5, 0.6) is 0 Å². The predicted molar refractivity (Wildman–Crippen MR) is 105 cm³/mol. The quantitative estimate of drug-likeness (QED) is 0.587. The molecule has 0 saturated heterocycles. The van der Waals surface area contributed by atoms with Crippen LogP contribution in [0, 0.1) is 5.82 Å². The van der Waals surface area contributed by atoms with Crippen LogP contribution in [0.3, 0.4) is 0 Å². The van der Waals surface area contributed by atoms with Crippen LogP contribution in [0.25, 0.3) is 11.4 Å². The van der Waals surface area contributed by atoms with E-state index in [-0.39, 0.29) is 18.1 Å². The topological polar surface area (TPSA) is 76.1 Å². The number of carbonyl (C=O) groups is 1. The highest BCUT2D eigenvalue weighted by Gasteiger charge is 2.13. The van der Waals surface area contributed by atoms with Gasteiger partial charge in [0.1, 0.15) is 17.3 Å². The summed E-state index contributed by atoms with van der Waals surface area (Å²) in [5, 5.41) is 5.83. The lowest BCUT2D eigenvalue weighted by atomic mass is 10.2. The Bertz CT molecular complexity index is 935. The fraction of sp³-hybridized carbons (Fsp3) is 0.190. The third-order valence-electron chi connectivity index (χ3n) is 4.00. The van der Waals surface area contributed by atoms with Gasteiger partial charge in [-0.05, 0) is 6.07 Å². The van der Waals surface area contributed by atoms with Crippen molar-refractivity contribution in [3.8, 4) is 11.4 Å². The van der Waals surface area contributed by atoms with E-state index in [1.807, 2.05) is 30.3 Å². The van der Waals surface area contributed by atoms with E-state index in [0.717, 1.165) is 5.56 Å². The number of halogens is 1. The highest BCUT2D eigenvalue weighted by Crippen LogP contribution is 2.18. The van der Waals surface area contributed by atoms with Crippen LogP contribution in [-0.2, 0) is 11.3 Å². The fourth-order valence-electron chi connectivity index (χ4n) is 2.56. The molecule has 3 aromatic rings. The summed E-state index contributed by atoms with van der Waals surface area (Å²) in [6, 6.07) is 17.3. The van der Waals surface area contributed by atoms with Crippen molar-refractivity contribution >= 4 is 11.7 Å². The van der Waals surface area contributed by atoms with Crippen molar-refractivity contribution in [2.45, 2.75) is 6.54 Å². The Hall–Kier alpha value is -3.32. The van der Waals surface area contributed by atoms with Crippen molar-refractivity contribution in [2.75, 3.05) is 25.6 Å². The molecule has 0 radical (unpaired) electrons. The zero-order chi connectivity index (χ0) is 19.8. The fourth-order valence-corrected chi connectivity index (χ4v) is 2.56. The largest absolute Gasteiger partial charge is 0.383 e. The van der Waals surface area contributed by atoms with Gasteiger partial charge >= 0.3 is 0 Å². The summed E-state index contributed by atoms with van der Waals surface area (Å²) in [6.07, 6.45) is 0. The molecule has 0 saturated carbocycles. The Morgan fingerprint density at radius 2 is 1.82 bits per heavy atom. The maximum Gasteiger partial charge on any atom is 0.270 e. The summed E-state index contributed by atoms with van der Waals surface area (Å²) in [4.78, 5) is 21.5. The minimum Gasteiger partial charge on any atom is -0.383 e. The van der Waals surface area contributed by atoms with Crippen molar-refractivity contribution in [2.24, 2.45) is 0 Å². The minimum absolute atomic E-state index is 0.0720. The predicted octanol–water partition coefficient (Wildman–Crippen LogP) is 3.27. The summed E-state index contributed by atoms with van der Waals surface area (Å²) in [6.45, 7) is 1.11. The molecule has 0 aliphatic heterocycles. The maximum absolute atomic E-state index is 13.8. The van der Waals surface area contributed by atoms with Crippen molar-refractivity contribution in [3.05, 3.63) is 77.7 Å². The second-order valence-electron chi connectivity index (χ2n) is 6.02. The summed E-state index contributed by atoms with van der Waals surface area (Å²) in [7, 11) is 1.61. The molecule has 0 aliphatic rings. The molecule has 1 aromatic heterocycles. The van der Waals surface area contributed by atoms with Gasteiger partial charge in [-0.25, -0.2) is 14.4 Å². The van der Waals surface area contributed by atoms with Gasteiger partial charge in [0.05, 0.1) is 6.61 Å². The molecule has 3 rings (SSSR count). The standard InChI is InChI=1S/C21H21FN4O2/c1-28-12-11-23-19-13-18(25-20(26-19)15-7-3-2-4-8-15)21(27)24-14-16-9-5-6-10-17(16)22/h2-10,13H,11-12,14H2,1H3,(H,24,27)(H,23,25,26). The SMILES string of the molecule is COCCNc1cc(C(=O)NCc2ccccc2F)nc(-c2ccccc2)n1. The van der Waals surface area contributed by atoms with Gasteiger partial charge in [0.25, 0.3) is 5.91 Å². The molecule has 28 heavy (non-hydrogen) atoms. The molecular weight excluding hydrogens is 359 g/mol. The lowest BCUT2D eigenvalue weighted by Gasteiger charge is -2.11. The Balaban J connectivity index is 1.82. The first kappa shape index (κ1) is 19.4. The molecule has 0 fully saturated rings. The van der Waals surface area contributed by atoms with Gasteiger partial charge in [-0.15, -0.1) is 0 Å². The normalized spacial score (nSPS) is 10.5. The summed E-state index contributed by atoms with van der Waals surface area (Å²) in [5.74, 6) is 0.177. The van der Waals surface area contributed by atoms with Crippen molar-refractivity contribution in [1.29, 1.82) is 0 Å². The van der Waals surface area contributed by atoms with E-state index in [1.54, 1.807) is 31.4 Å². The first-order valence-electron chi connectivity index (χ1n) is 8.86. The van der Waals surface area contributed by atoms with Gasteiger partial charge in [-0.3, -0.25) is 4.79 Å². The minimum atomic E-state index is -0.405. The number of methoxy groups -OCH3 is 1. The van der Waals surface area contributed by atoms with Crippen LogP contribution >= 0.6 is 0 Å². The number of amides is 1. The average Bonchev–Trinajstić information content (AvgIpc) is 2.73. The van der Waals surface area contributed by atoms with Crippen molar-refractivity contribution < 1.29 is 13.9 Å². The number of hydrogen-bond acceptors (Lipinski definition) is 5. The van der Waals surface area contributed by atoms with Crippen LogP contribution in [-0.4, -0.2) is 36.1 Å². The molecule has 144 valence electrons. The van der Waals surface area contributed by atoms with Gasteiger partial charge < -0.3 is 15.4 Å². The van der Waals surface area contributed by atoms with E-state index in [9.17, 15) is 9.18 Å². The number of aromatic nitrogens is 2. The number of nitrogens with zero attached hydrogens (tertiary/aromatic N) is 2. The van der Waals surface area contributed by atoms with Crippen LogP contribution in [0.2, 0.25) is 0 Å². The number of carbonyl (C=O) groups excluding carboxylic acids is 1. The average molecular weight is 380 g/mol. The molecule has 2 aromatic carbocycles. The summed E-state index contributed by atoms with van der Waals surface area (Å²) >= 11 is 0. The van der Waals surface area contributed by atoms with Crippen LogP contribution in [0.4, 0.5) is 10.2 Å². The molecule has 6 nitrogen and oxygen atoms in total. The first-order valence-corrected chi connectivity index (χ1v) is 8.86. The third-order valence-corrected chi connectivity index (χ3v) is 4.00. The van der Waals surface area contributed by atoms with E-state index in [1.165, 1.54) is 6.07 Å². The molecule has 2 N–H and O–H groups in total. The second kappa shape index (κ2) is 9.57. The lowest BCUT2D eigenvalue weighted by Crippen LogP contribution is -2.25. The zero-order valence-corrected chi connectivity index (χ0v) is 15.5. The van der Waals surface area contributed by atoms with Gasteiger partial charge in [0.15, 0.2) is 5.82 Å². The first-order chi connectivity index (χ1) is 13.7. The van der Waals surface area contributed by atoms with Crippen molar-refractivity contribution in [3.63, 3.8) is 0 Å². The Labute approximate surface area is 162 Å². The number of nitrogens with one attached hydrogen (secondary N) is 2. The number of anilines is 1. The lowest BCUT2D eigenvalue weighted by molar-refractivity contribution is 0.0945. The number of benzene rings is 2. The Kier molecular flexibility index (Phi) is 6.64. The van der Waals surface area contributed by atoms with Gasteiger partial charge in [0, 0.05) is 37.4 Å². The van der Waals surface area contributed by atoms with E-state index in [2.05, 4.69) is 20.6 Å². The number of rotatable bonds is 8.